The van der Waals surface area contributed by atoms with Gasteiger partial charge in [-0.1, -0.05) is 20.8 Å². The molecule has 2 N–H and O–H groups in total. The summed E-state index contributed by atoms with van der Waals surface area (Å²) in [6, 6.07) is 0.0247. The molecule has 0 saturated carbocycles. The third-order valence-electron chi connectivity index (χ3n) is 3.44. The molecule has 0 spiro atoms. The molecule has 0 aliphatic carbocycles. The second kappa shape index (κ2) is 6.86. The fourth-order valence-electron chi connectivity index (χ4n) is 2.17. The Labute approximate surface area is 98.8 Å². The van der Waals surface area contributed by atoms with Crippen LogP contribution < -0.4 is 10.6 Å². The fourth-order valence-corrected chi connectivity index (χ4v) is 2.17. The van der Waals surface area contributed by atoms with Crippen molar-refractivity contribution in [1.82, 2.24) is 15.5 Å². The molecule has 1 saturated heterocycles. The predicted octanol–water partition coefficient (Wildman–Crippen LogP) is 0.442. The van der Waals surface area contributed by atoms with Gasteiger partial charge in [-0.15, -0.1) is 0 Å². The van der Waals surface area contributed by atoms with Crippen molar-refractivity contribution in [2.75, 3.05) is 32.7 Å². The Hall–Kier alpha value is -0.610. The van der Waals surface area contributed by atoms with Crippen LogP contribution in [0.4, 0.5) is 0 Å². The van der Waals surface area contributed by atoms with Crippen LogP contribution in [0.1, 0.15) is 27.2 Å². The van der Waals surface area contributed by atoms with Crippen molar-refractivity contribution >= 4 is 5.91 Å². The minimum Gasteiger partial charge on any atom is -0.353 e. The van der Waals surface area contributed by atoms with Gasteiger partial charge in [0.25, 0.3) is 0 Å². The van der Waals surface area contributed by atoms with Crippen molar-refractivity contribution < 1.29 is 4.79 Å². The summed E-state index contributed by atoms with van der Waals surface area (Å²) in [6.07, 6.45) is 1.11. The molecular formula is C12H25N3O. The zero-order valence-electron chi connectivity index (χ0n) is 10.8. The lowest BCUT2D eigenvalue weighted by Gasteiger charge is -2.20. The van der Waals surface area contributed by atoms with Gasteiger partial charge in [-0.2, -0.15) is 0 Å². The van der Waals surface area contributed by atoms with Crippen LogP contribution >= 0.6 is 0 Å². The maximum Gasteiger partial charge on any atom is 0.237 e. The lowest BCUT2D eigenvalue weighted by atomic mass is 10.0. The Balaban J connectivity index is 2.19. The topological polar surface area (TPSA) is 44.4 Å². The zero-order chi connectivity index (χ0) is 12.0. The molecule has 1 rings (SSSR count). The maximum atomic E-state index is 11.8. The largest absolute Gasteiger partial charge is 0.353 e. The Morgan fingerprint density at radius 3 is 2.62 bits per heavy atom. The Morgan fingerprint density at radius 1 is 1.44 bits per heavy atom. The van der Waals surface area contributed by atoms with E-state index in [9.17, 15) is 4.79 Å². The predicted molar refractivity (Wildman–Crippen MR) is 66.4 cm³/mol. The van der Waals surface area contributed by atoms with Gasteiger partial charge in [0.15, 0.2) is 0 Å². The second-order valence-electron chi connectivity index (χ2n) is 4.52. The highest BCUT2D eigenvalue weighted by molar-refractivity contribution is 5.82. The fraction of sp³-hybridized carbons (Fsp3) is 0.917. The van der Waals surface area contributed by atoms with Crippen LogP contribution in [0, 0.1) is 5.92 Å². The van der Waals surface area contributed by atoms with E-state index in [0.717, 1.165) is 39.1 Å². The van der Waals surface area contributed by atoms with Gasteiger partial charge in [0.05, 0.1) is 6.04 Å². The van der Waals surface area contributed by atoms with Gasteiger partial charge in [0, 0.05) is 13.1 Å². The smallest absolute Gasteiger partial charge is 0.237 e. The summed E-state index contributed by atoms with van der Waals surface area (Å²) in [4.78, 5) is 14.1. The molecule has 4 nitrogen and oxygen atoms in total. The van der Waals surface area contributed by atoms with E-state index in [2.05, 4.69) is 36.3 Å². The van der Waals surface area contributed by atoms with Gasteiger partial charge in [0.1, 0.15) is 0 Å². The number of nitrogens with one attached hydrogen (secondary N) is 2. The molecule has 4 heteroatoms. The molecule has 1 amide bonds. The Morgan fingerprint density at radius 2 is 2.12 bits per heavy atom. The van der Waals surface area contributed by atoms with Crippen molar-refractivity contribution in [3.8, 4) is 0 Å². The van der Waals surface area contributed by atoms with Gasteiger partial charge in [0.2, 0.25) is 5.91 Å². The van der Waals surface area contributed by atoms with Crippen molar-refractivity contribution in [2.45, 2.75) is 33.2 Å². The highest BCUT2D eigenvalue weighted by Crippen LogP contribution is 2.13. The first kappa shape index (κ1) is 13.5. The van der Waals surface area contributed by atoms with Gasteiger partial charge < -0.3 is 15.5 Å². The van der Waals surface area contributed by atoms with Crippen molar-refractivity contribution in [1.29, 1.82) is 0 Å². The van der Waals surface area contributed by atoms with Crippen LogP contribution in [0.5, 0.6) is 0 Å². The summed E-state index contributed by atoms with van der Waals surface area (Å²) in [5.41, 5.74) is 0. The maximum absolute atomic E-state index is 11.8. The van der Waals surface area contributed by atoms with Crippen LogP contribution in [0.2, 0.25) is 0 Å². The molecule has 1 aliphatic rings. The lowest BCUT2D eigenvalue weighted by molar-refractivity contribution is -0.123. The quantitative estimate of drug-likeness (QED) is 0.692. The zero-order valence-corrected chi connectivity index (χ0v) is 10.8. The van der Waals surface area contributed by atoms with Crippen LogP contribution in [0.3, 0.4) is 0 Å². The Bertz CT molecular complexity index is 216. The van der Waals surface area contributed by atoms with E-state index < -0.39 is 0 Å². The average molecular weight is 227 g/mol. The van der Waals surface area contributed by atoms with E-state index >= 15 is 0 Å². The summed E-state index contributed by atoms with van der Waals surface area (Å²) < 4.78 is 0. The minimum absolute atomic E-state index is 0.0247. The summed E-state index contributed by atoms with van der Waals surface area (Å²) in [7, 11) is 0. The number of hydrogen-bond donors (Lipinski definition) is 2. The number of amides is 1. The molecule has 1 aliphatic heterocycles. The average Bonchev–Trinajstić information content (AvgIpc) is 2.70. The number of likely N-dealkylation sites (N-methyl/N-ethyl adjacent to an activating group) is 1. The SMILES string of the molecule is CCN(CC)CCNC(=O)C1NCCC1C. The molecule has 1 heterocycles. The molecule has 2 unspecified atom stereocenters. The highest BCUT2D eigenvalue weighted by Gasteiger charge is 2.28. The number of carbonyl (C=O) groups excluding carboxylic acids is 1. The first-order valence-corrected chi connectivity index (χ1v) is 6.42. The Kier molecular flexibility index (Phi) is 5.77. The number of rotatable bonds is 6. The molecule has 0 aromatic heterocycles. The summed E-state index contributed by atoms with van der Waals surface area (Å²) in [5, 5.41) is 6.26. The number of nitrogens with zero attached hydrogens (tertiary/aromatic N) is 1. The summed E-state index contributed by atoms with van der Waals surface area (Å²) in [6.45, 7) is 11.2. The second-order valence-corrected chi connectivity index (χ2v) is 4.52. The number of carbonyl (C=O) groups is 1. The van der Waals surface area contributed by atoms with E-state index in [0.29, 0.717) is 5.92 Å². The summed E-state index contributed by atoms with van der Waals surface area (Å²) in [5.74, 6) is 0.630. The molecule has 0 aromatic carbocycles. The molecule has 0 bridgehead atoms. The molecule has 1 fully saturated rings. The van der Waals surface area contributed by atoms with E-state index in [1.807, 2.05) is 0 Å². The summed E-state index contributed by atoms with van der Waals surface area (Å²) >= 11 is 0. The van der Waals surface area contributed by atoms with Crippen molar-refractivity contribution in [2.24, 2.45) is 5.92 Å². The van der Waals surface area contributed by atoms with E-state index in [-0.39, 0.29) is 11.9 Å². The molecule has 16 heavy (non-hydrogen) atoms. The molecular weight excluding hydrogens is 202 g/mol. The molecule has 0 aromatic rings. The highest BCUT2D eigenvalue weighted by atomic mass is 16.2. The van der Waals surface area contributed by atoms with Crippen LogP contribution in [-0.4, -0.2) is 49.6 Å². The van der Waals surface area contributed by atoms with Gasteiger partial charge in [-0.3, -0.25) is 4.79 Å². The minimum atomic E-state index is 0.0247. The molecule has 0 radical (unpaired) electrons. The van der Waals surface area contributed by atoms with Crippen molar-refractivity contribution in [3.63, 3.8) is 0 Å². The van der Waals surface area contributed by atoms with Gasteiger partial charge in [-0.05, 0) is 32.0 Å². The van der Waals surface area contributed by atoms with E-state index in [1.54, 1.807) is 0 Å². The third-order valence-corrected chi connectivity index (χ3v) is 3.44. The monoisotopic (exact) mass is 227 g/mol. The van der Waals surface area contributed by atoms with Crippen LogP contribution in [-0.2, 0) is 4.79 Å². The molecule has 2 atom stereocenters. The number of hydrogen-bond acceptors (Lipinski definition) is 3. The standard InChI is InChI=1S/C12H25N3O/c1-4-15(5-2)9-8-14-12(16)11-10(3)6-7-13-11/h10-11,13H,4-9H2,1-3H3,(H,14,16). The molecule has 94 valence electrons. The first-order chi connectivity index (χ1) is 7.69. The first-order valence-electron chi connectivity index (χ1n) is 6.42. The van der Waals surface area contributed by atoms with Crippen molar-refractivity contribution in [3.05, 3.63) is 0 Å². The van der Waals surface area contributed by atoms with Gasteiger partial charge in [-0.25, -0.2) is 0 Å². The van der Waals surface area contributed by atoms with Crippen LogP contribution in [0.15, 0.2) is 0 Å². The lowest BCUT2D eigenvalue weighted by Crippen LogP contribution is -2.45. The van der Waals surface area contributed by atoms with Crippen LogP contribution in [0.25, 0.3) is 0 Å². The normalized spacial score (nSPS) is 25.0. The third kappa shape index (κ3) is 3.76. The van der Waals surface area contributed by atoms with Gasteiger partial charge >= 0.3 is 0 Å². The van der Waals surface area contributed by atoms with E-state index in [4.69, 9.17) is 0 Å². The van der Waals surface area contributed by atoms with E-state index in [1.165, 1.54) is 0 Å².